The molecule has 0 spiro atoms. The molecule has 220 valence electrons. The van der Waals surface area contributed by atoms with E-state index in [0.29, 0.717) is 0 Å². The zero-order chi connectivity index (χ0) is 30.3. The number of esters is 1. The van der Waals surface area contributed by atoms with Crippen LogP contribution in [0.15, 0.2) is 63.8 Å². The SMILES string of the molecule is O=C(Oc1cc(O)cc2oc(-c3ccc(O)c(O)c3)c(OC3OC(CO)C(O)C(O)C3O)c(=O)c12)c1ccc(O)cc1. The Hall–Kier alpha value is -4.86. The van der Waals surface area contributed by atoms with Crippen molar-refractivity contribution in [2.24, 2.45) is 0 Å². The van der Waals surface area contributed by atoms with E-state index in [1.54, 1.807) is 0 Å². The van der Waals surface area contributed by atoms with Crippen molar-refractivity contribution >= 4 is 16.9 Å². The Morgan fingerprint density at radius 3 is 2.21 bits per heavy atom. The molecule has 3 aromatic carbocycles. The van der Waals surface area contributed by atoms with Crippen LogP contribution in [-0.2, 0) is 4.74 Å². The zero-order valence-electron chi connectivity index (χ0n) is 21.3. The molecule has 0 aliphatic carbocycles. The minimum absolute atomic E-state index is 0.0114. The molecule has 0 saturated carbocycles. The van der Waals surface area contributed by atoms with Crippen molar-refractivity contribution in [3.8, 4) is 45.8 Å². The van der Waals surface area contributed by atoms with Gasteiger partial charge in [0, 0.05) is 17.7 Å². The van der Waals surface area contributed by atoms with E-state index in [4.69, 9.17) is 18.6 Å². The normalized spacial score (nSPS) is 22.1. The number of ether oxygens (including phenoxy) is 3. The lowest BCUT2D eigenvalue weighted by atomic mass is 9.99. The average molecular weight is 584 g/mol. The summed E-state index contributed by atoms with van der Waals surface area (Å²) < 4.78 is 22.3. The van der Waals surface area contributed by atoms with Gasteiger partial charge in [0.2, 0.25) is 17.5 Å². The number of aromatic hydroxyl groups is 4. The predicted molar refractivity (Wildman–Crippen MR) is 140 cm³/mol. The van der Waals surface area contributed by atoms with Crippen LogP contribution in [0.4, 0.5) is 0 Å². The third-order valence-corrected chi connectivity index (χ3v) is 6.53. The van der Waals surface area contributed by atoms with Gasteiger partial charge in [-0.25, -0.2) is 4.79 Å². The largest absolute Gasteiger partial charge is 0.508 e. The van der Waals surface area contributed by atoms with Crippen molar-refractivity contribution in [1.82, 2.24) is 0 Å². The molecule has 5 atom stereocenters. The van der Waals surface area contributed by atoms with Gasteiger partial charge < -0.3 is 59.5 Å². The van der Waals surface area contributed by atoms with Gasteiger partial charge in [0.15, 0.2) is 17.3 Å². The van der Waals surface area contributed by atoms with Crippen LogP contribution >= 0.6 is 0 Å². The molecule has 0 bridgehead atoms. The zero-order valence-corrected chi connectivity index (χ0v) is 21.3. The van der Waals surface area contributed by atoms with E-state index in [-0.39, 0.29) is 22.5 Å². The molecule has 42 heavy (non-hydrogen) atoms. The summed E-state index contributed by atoms with van der Waals surface area (Å²) in [4.78, 5) is 26.7. The number of hydrogen-bond donors (Lipinski definition) is 8. The molecule has 2 heterocycles. The predicted octanol–water partition coefficient (Wildman–Crippen LogP) is 0.680. The molecule has 14 nitrogen and oxygen atoms in total. The topological polar surface area (TPSA) is 237 Å². The Labute approximate surface area is 235 Å². The van der Waals surface area contributed by atoms with Gasteiger partial charge >= 0.3 is 5.97 Å². The Morgan fingerprint density at radius 2 is 1.55 bits per heavy atom. The number of benzene rings is 3. The summed E-state index contributed by atoms with van der Waals surface area (Å²) in [6.07, 6.45) is -8.73. The summed E-state index contributed by atoms with van der Waals surface area (Å²) in [5, 5.41) is 79.6. The smallest absolute Gasteiger partial charge is 0.343 e. The number of phenolic OH excluding ortho intramolecular Hbond substituents is 4. The molecular formula is C28H24O14. The van der Waals surface area contributed by atoms with Gasteiger partial charge in [0.1, 0.15) is 52.6 Å². The third kappa shape index (κ3) is 5.27. The Morgan fingerprint density at radius 1 is 0.833 bits per heavy atom. The molecule has 5 rings (SSSR count). The number of hydrogen-bond acceptors (Lipinski definition) is 14. The number of carbonyl (C=O) groups excluding carboxylic acids is 1. The fraction of sp³-hybridized carbons (Fsp3) is 0.214. The van der Waals surface area contributed by atoms with Crippen molar-refractivity contribution < 1.29 is 64.3 Å². The van der Waals surface area contributed by atoms with Crippen molar-refractivity contribution in [1.29, 1.82) is 0 Å². The van der Waals surface area contributed by atoms with Crippen LogP contribution < -0.4 is 14.9 Å². The molecule has 0 radical (unpaired) electrons. The summed E-state index contributed by atoms with van der Waals surface area (Å²) in [6.45, 7) is -0.785. The second kappa shape index (κ2) is 11.2. The van der Waals surface area contributed by atoms with Crippen LogP contribution in [0.5, 0.6) is 34.5 Å². The third-order valence-electron chi connectivity index (χ3n) is 6.53. The number of fused-ring (bicyclic) bond motifs is 1. The van der Waals surface area contributed by atoms with E-state index in [1.807, 2.05) is 0 Å². The summed E-state index contributed by atoms with van der Waals surface area (Å²) in [5.74, 6) is -4.21. The summed E-state index contributed by atoms with van der Waals surface area (Å²) in [6, 6.07) is 10.3. The minimum Gasteiger partial charge on any atom is -0.508 e. The Kier molecular flexibility index (Phi) is 7.64. The first-order valence-electron chi connectivity index (χ1n) is 12.3. The molecule has 1 aliphatic heterocycles. The molecule has 4 aromatic rings. The first-order chi connectivity index (χ1) is 20.0. The van der Waals surface area contributed by atoms with Gasteiger partial charge in [-0.1, -0.05) is 0 Å². The molecule has 1 aliphatic rings. The fourth-order valence-corrected chi connectivity index (χ4v) is 4.33. The minimum atomic E-state index is -1.93. The van der Waals surface area contributed by atoms with E-state index < -0.39 is 88.6 Å². The number of rotatable bonds is 6. The van der Waals surface area contributed by atoms with Crippen molar-refractivity contribution in [3.05, 3.63) is 70.4 Å². The first kappa shape index (κ1) is 28.7. The second-order valence-corrected chi connectivity index (χ2v) is 9.36. The lowest BCUT2D eigenvalue weighted by molar-refractivity contribution is -0.277. The van der Waals surface area contributed by atoms with Gasteiger partial charge in [-0.15, -0.1) is 0 Å². The van der Waals surface area contributed by atoms with Gasteiger partial charge in [0.05, 0.1) is 12.2 Å². The maximum Gasteiger partial charge on any atom is 0.343 e. The van der Waals surface area contributed by atoms with Gasteiger partial charge in [-0.05, 0) is 42.5 Å². The van der Waals surface area contributed by atoms with Gasteiger partial charge in [0.25, 0.3) is 0 Å². The molecule has 8 N–H and O–H groups in total. The Bertz CT molecular complexity index is 1690. The highest BCUT2D eigenvalue weighted by Gasteiger charge is 2.45. The van der Waals surface area contributed by atoms with Gasteiger partial charge in [-0.3, -0.25) is 4.79 Å². The average Bonchev–Trinajstić information content (AvgIpc) is 2.95. The molecule has 1 fully saturated rings. The van der Waals surface area contributed by atoms with Crippen molar-refractivity contribution in [2.75, 3.05) is 6.61 Å². The van der Waals surface area contributed by atoms with Crippen LogP contribution in [0.3, 0.4) is 0 Å². The molecule has 1 aromatic heterocycles. The highest BCUT2D eigenvalue weighted by Crippen LogP contribution is 2.40. The molecule has 0 amide bonds. The maximum absolute atomic E-state index is 13.9. The first-order valence-corrected chi connectivity index (χ1v) is 12.3. The summed E-state index contributed by atoms with van der Waals surface area (Å²) in [7, 11) is 0. The maximum atomic E-state index is 13.9. The summed E-state index contributed by atoms with van der Waals surface area (Å²) >= 11 is 0. The van der Waals surface area contributed by atoms with Crippen LogP contribution in [-0.4, -0.2) is 84.1 Å². The highest BCUT2D eigenvalue weighted by molar-refractivity contribution is 5.95. The van der Waals surface area contributed by atoms with Crippen LogP contribution in [0.25, 0.3) is 22.3 Å². The van der Waals surface area contributed by atoms with Crippen LogP contribution in [0, 0.1) is 0 Å². The fourth-order valence-electron chi connectivity index (χ4n) is 4.33. The standard InChI is InChI=1S/C28H24O14/c29-10-19-21(34)23(36)24(37)28(41-19)42-26-22(35)20-17(39-25(26)12-3-6-15(32)16(33)7-12)8-14(31)9-18(20)40-27(38)11-1-4-13(30)5-2-11/h1-9,19,21,23-24,28-34,36-37H,10H2. The van der Waals surface area contributed by atoms with Gasteiger partial charge in [-0.2, -0.15) is 0 Å². The monoisotopic (exact) mass is 584 g/mol. The number of carbonyl (C=O) groups is 1. The quantitative estimate of drug-likeness (QED) is 0.0884. The number of phenols is 4. The molecular weight excluding hydrogens is 560 g/mol. The van der Waals surface area contributed by atoms with E-state index in [0.717, 1.165) is 24.3 Å². The molecule has 14 heteroatoms. The molecule has 1 saturated heterocycles. The molecule has 5 unspecified atom stereocenters. The number of aliphatic hydroxyl groups excluding tert-OH is 4. The van der Waals surface area contributed by atoms with E-state index >= 15 is 0 Å². The highest BCUT2D eigenvalue weighted by atomic mass is 16.7. The van der Waals surface area contributed by atoms with Crippen molar-refractivity contribution in [2.45, 2.75) is 30.7 Å². The van der Waals surface area contributed by atoms with E-state index in [9.17, 15) is 50.4 Å². The Balaban J connectivity index is 1.68. The lowest BCUT2D eigenvalue weighted by Gasteiger charge is -2.39. The second-order valence-electron chi connectivity index (χ2n) is 9.36. The van der Waals surface area contributed by atoms with E-state index in [1.165, 1.54) is 30.3 Å². The van der Waals surface area contributed by atoms with E-state index in [2.05, 4.69) is 0 Å². The summed E-state index contributed by atoms with van der Waals surface area (Å²) in [5.41, 5.74) is -1.38. The van der Waals surface area contributed by atoms with Crippen LogP contribution in [0.2, 0.25) is 0 Å². The number of aliphatic hydroxyl groups is 4. The lowest BCUT2D eigenvalue weighted by Crippen LogP contribution is -2.60. The van der Waals surface area contributed by atoms with Crippen molar-refractivity contribution in [3.63, 3.8) is 0 Å². The van der Waals surface area contributed by atoms with Crippen LogP contribution in [0.1, 0.15) is 10.4 Å².